The summed E-state index contributed by atoms with van der Waals surface area (Å²) in [4.78, 5) is 24.7. The van der Waals surface area contributed by atoms with Crippen LogP contribution in [0, 0.1) is 5.41 Å². The number of hydrogen-bond acceptors (Lipinski definition) is 3. The summed E-state index contributed by atoms with van der Waals surface area (Å²) in [5.41, 5.74) is -0.881. The molecule has 0 aliphatic carbocycles. The molecule has 1 atom stereocenters. The molecule has 21 heavy (non-hydrogen) atoms. The van der Waals surface area contributed by atoms with E-state index in [0.29, 0.717) is 28.8 Å². The Morgan fingerprint density at radius 1 is 1.43 bits per heavy atom. The van der Waals surface area contributed by atoms with Crippen molar-refractivity contribution in [3.63, 3.8) is 0 Å². The molecule has 114 valence electrons. The highest BCUT2D eigenvalue weighted by Gasteiger charge is 2.42. The number of carbonyl (C=O) groups excluding carboxylic acids is 1. The molecule has 0 aromatic heterocycles. The minimum absolute atomic E-state index is 0.183. The van der Waals surface area contributed by atoms with Gasteiger partial charge in [-0.1, -0.05) is 23.2 Å². The third-order valence-electron chi connectivity index (χ3n) is 3.59. The summed E-state index contributed by atoms with van der Waals surface area (Å²) in [5.74, 6) is -0.778. The maximum Gasteiger partial charge on any atom is 0.311 e. The van der Waals surface area contributed by atoms with Gasteiger partial charge in [-0.3, -0.25) is 9.59 Å². The molecular formula is C14H15Cl2NO4. The van der Waals surface area contributed by atoms with Gasteiger partial charge in [0.2, 0.25) is 0 Å². The lowest BCUT2D eigenvalue weighted by Gasteiger charge is -2.20. The minimum Gasteiger partial charge on any atom is -0.482 e. The Hall–Kier alpha value is -1.46. The van der Waals surface area contributed by atoms with Crippen molar-refractivity contribution in [1.82, 2.24) is 4.90 Å². The summed E-state index contributed by atoms with van der Waals surface area (Å²) in [6, 6.07) is 4.73. The van der Waals surface area contributed by atoms with E-state index in [1.54, 1.807) is 19.1 Å². The van der Waals surface area contributed by atoms with Crippen molar-refractivity contribution in [2.24, 2.45) is 5.41 Å². The lowest BCUT2D eigenvalue weighted by atomic mass is 9.90. The molecule has 1 fully saturated rings. The zero-order valence-electron chi connectivity index (χ0n) is 11.4. The van der Waals surface area contributed by atoms with Gasteiger partial charge in [0.25, 0.3) is 5.91 Å². The second-order valence-electron chi connectivity index (χ2n) is 5.29. The Kier molecular flexibility index (Phi) is 4.64. The molecule has 1 aliphatic rings. The summed E-state index contributed by atoms with van der Waals surface area (Å²) in [6.45, 7) is 2.06. The number of benzene rings is 1. The first-order chi connectivity index (χ1) is 9.82. The fraction of sp³-hybridized carbons (Fsp3) is 0.429. The van der Waals surface area contributed by atoms with Crippen LogP contribution in [0.3, 0.4) is 0 Å². The van der Waals surface area contributed by atoms with Gasteiger partial charge in [0, 0.05) is 18.1 Å². The first-order valence-electron chi connectivity index (χ1n) is 6.41. The number of amides is 1. The van der Waals surface area contributed by atoms with E-state index < -0.39 is 11.4 Å². The van der Waals surface area contributed by atoms with Crippen LogP contribution >= 0.6 is 23.2 Å². The average molecular weight is 332 g/mol. The van der Waals surface area contributed by atoms with Gasteiger partial charge in [0.15, 0.2) is 6.61 Å². The number of carboxylic acids is 1. The second kappa shape index (κ2) is 6.12. The van der Waals surface area contributed by atoms with E-state index in [2.05, 4.69) is 0 Å². The molecule has 1 aliphatic heterocycles. The Bertz CT molecular complexity index is 578. The standard InChI is InChI=1S/C14H15Cl2NO4/c1-14(13(19)20)4-5-17(8-14)12(18)7-21-11-3-2-9(15)6-10(11)16/h2-3,6H,4-5,7-8H2,1H3,(H,19,20). The smallest absolute Gasteiger partial charge is 0.311 e. The minimum atomic E-state index is -0.889. The van der Waals surface area contributed by atoms with Crippen LogP contribution in [0.15, 0.2) is 18.2 Å². The van der Waals surface area contributed by atoms with Crippen molar-refractivity contribution in [2.45, 2.75) is 13.3 Å². The quantitative estimate of drug-likeness (QED) is 0.921. The third kappa shape index (κ3) is 3.60. The van der Waals surface area contributed by atoms with Crippen molar-refractivity contribution in [3.8, 4) is 5.75 Å². The van der Waals surface area contributed by atoms with Gasteiger partial charge in [-0.25, -0.2) is 0 Å². The molecule has 1 amide bonds. The van der Waals surface area contributed by atoms with Crippen LogP contribution < -0.4 is 4.74 Å². The fourth-order valence-electron chi connectivity index (χ4n) is 2.17. The zero-order chi connectivity index (χ0) is 15.6. The monoisotopic (exact) mass is 331 g/mol. The molecule has 0 saturated carbocycles. The third-order valence-corrected chi connectivity index (χ3v) is 4.12. The highest BCUT2D eigenvalue weighted by Crippen LogP contribution is 2.31. The maximum atomic E-state index is 12.0. The van der Waals surface area contributed by atoms with Crippen molar-refractivity contribution >= 4 is 35.1 Å². The normalized spacial score (nSPS) is 21.4. The van der Waals surface area contributed by atoms with Crippen LogP contribution in [0.2, 0.25) is 10.0 Å². The summed E-state index contributed by atoms with van der Waals surface area (Å²) in [5, 5.41) is 9.95. The van der Waals surface area contributed by atoms with E-state index >= 15 is 0 Å². The maximum absolute atomic E-state index is 12.0. The number of carbonyl (C=O) groups is 2. The van der Waals surface area contributed by atoms with Gasteiger partial charge in [0.1, 0.15) is 5.75 Å². The Morgan fingerprint density at radius 3 is 2.71 bits per heavy atom. The summed E-state index contributed by atoms with van der Waals surface area (Å²) >= 11 is 11.7. The van der Waals surface area contributed by atoms with Gasteiger partial charge in [-0.2, -0.15) is 0 Å². The molecule has 1 aromatic carbocycles. The molecule has 1 N–H and O–H groups in total. The molecule has 7 heteroatoms. The molecule has 2 rings (SSSR count). The highest BCUT2D eigenvalue weighted by atomic mass is 35.5. The van der Waals surface area contributed by atoms with Crippen LogP contribution in [0.1, 0.15) is 13.3 Å². The predicted molar refractivity (Wildman–Crippen MR) is 78.9 cm³/mol. The molecule has 5 nitrogen and oxygen atoms in total. The van der Waals surface area contributed by atoms with Crippen molar-refractivity contribution < 1.29 is 19.4 Å². The van der Waals surface area contributed by atoms with E-state index in [1.807, 2.05) is 0 Å². The SMILES string of the molecule is CC1(C(=O)O)CCN(C(=O)COc2ccc(Cl)cc2Cl)C1. The molecule has 0 bridgehead atoms. The van der Waals surface area contributed by atoms with Crippen LogP contribution in [0.4, 0.5) is 0 Å². The van der Waals surface area contributed by atoms with Gasteiger partial charge in [-0.15, -0.1) is 0 Å². The second-order valence-corrected chi connectivity index (χ2v) is 6.14. The van der Waals surface area contributed by atoms with E-state index in [1.165, 1.54) is 11.0 Å². The van der Waals surface area contributed by atoms with E-state index in [0.717, 1.165) is 0 Å². The predicted octanol–water partition coefficient (Wildman–Crippen LogP) is 2.70. The van der Waals surface area contributed by atoms with Crippen LogP contribution in [-0.2, 0) is 9.59 Å². The first kappa shape index (κ1) is 15.9. The van der Waals surface area contributed by atoms with Crippen LogP contribution in [0.25, 0.3) is 0 Å². The van der Waals surface area contributed by atoms with E-state index in [-0.39, 0.29) is 19.1 Å². The fourth-order valence-corrected chi connectivity index (χ4v) is 2.63. The summed E-state index contributed by atoms with van der Waals surface area (Å²) in [6.07, 6.45) is 0.440. The van der Waals surface area contributed by atoms with Crippen LogP contribution in [-0.4, -0.2) is 41.6 Å². The molecule has 1 aromatic rings. The van der Waals surface area contributed by atoms with Gasteiger partial charge >= 0.3 is 5.97 Å². The van der Waals surface area contributed by atoms with E-state index in [4.69, 9.17) is 33.0 Å². The Morgan fingerprint density at radius 2 is 2.14 bits per heavy atom. The van der Waals surface area contributed by atoms with Crippen LogP contribution in [0.5, 0.6) is 5.75 Å². The molecule has 0 radical (unpaired) electrons. The van der Waals surface area contributed by atoms with Gasteiger partial charge in [-0.05, 0) is 31.5 Å². The lowest BCUT2D eigenvalue weighted by molar-refractivity contribution is -0.147. The lowest BCUT2D eigenvalue weighted by Crippen LogP contribution is -2.37. The van der Waals surface area contributed by atoms with Gasteiger partial charge in [0.05, 0.1) is 10.4 Å². The average Bonchev–Trinajstić information content (AvgIpc) is 2.82. The molecule has 1 heterocycles. The zero-order valence-corrected chi connectivity index (χ0v) is 12.9. The molecule has 1 unspecified atom stereocenters. The number of ether oxygens (including phenoxy) is 1. The number of likely N-dealkylation sites (tertiary alicyclic amines) is 1. The molecule has 1 saturated heterocycles. The number of carboxylic acid groups (broad SMARTS) is 1. The van der Waals surface area contributed by atoms with Crippen molar-refractivity contribution in [2.75, 3.05) is 19.7 Å². The number of rotatable bonds is 4. The molecule has 0 spiro atoms. The summed E-state index contributed by atoms with van der Waals surface area (Å²) in [7, 11) is 0. The Labute approximate surface area is 132 Å². The largest absolute Gasteiger partial charge is 0.482 e. The molecular weight excluding hydrogens is 317 g/mol. The highest BCUT2D eigenvalue weighted by molar-refractivity contribution is 6.35. The van der Waals surface area contributed by atoms with Crippen molar-refractivity contribution in [1.29, 1.82) is 0 Å². The number of hydrogen-bond donors (Lipinski definition) is 1. The topological polar surface area (TPSA) is 66.8 Å². The summed E-state index contributed by atoms with van der Waals surface area (Å²) < 4.78 is 5.37. The number of halogens is 2. The number of nitrogens with zero attached hydrogens (tertiary/aromatic N) is 1. The van der Waals surface area contributed by atoms with Gasteiger partial charge < -0.3 is 14.7 Å². The first-order valence-corrected chi connectivity index (χ1v) is 7.16. The van der Waals surface area contributed by atoms with Crippen molar-refractivity contribution in [3.05, 3.63) is 28.2 Å². The van der Waals surface area contributed by atoms with E-state index in [9.17, 15) is 9.59 Å². The number of aliphatic carboxylic acids is 1. The Balaban J connectivity index is 1.93.